The van der Waals surface area contributed by atoms with Crippen LogP contribution in [0.15, 0.2) is 30.5 Å². The Hall–Kier alpha value is -2.51. The minimum atomic E-state index is -1.04. The summed E-state index contributed by atoms with van der Waals surface area (Å²) in [6, 6.07) is 6.14. The van der Waals surface area contributed by atoms with Crippen LogP contribution in [0.1, 0.15) is 27.3 Å². The predicted molar refractivity (Wildman–Crippen MR) is 101 cm³/mol. The molecule has 8 heteroatoms. The van der Waals surface area contributed by atoms with Gasteiger partial charge in [0.1, 0.15) is 11.4 Å². The molecule has 0 aliphatic heterocycles. The maximum absolute atomic E-state index is 12.5. The highest BCUT2D eigenvalue weighted by Gasteiger charge is 2.17. The summed E-state index contributed by atoms with van der Waals surface area (Å²) in [5.41, 5.74) is 0.852. The van der Waals surface area contributed by atoms with Crippen molar-refractivity contribution < 1.29 is 19.4 Å². The Bertz CT molecular complexity index is 802. The molecule has 2 rings (SSSR count). The van der Waals surface area contributed by atoms with Crippen LogP contribution in [-0.2, 0) is 6.54 Å². The number of hydrogen-bond acceptors (Lipinski definition) is 4. The van der Waals surface area contributed by atoms with Crippen LogP contribution in [-0.4, -0.2) is 54.2 Å². The summed E-state index contributed by atoms with van der Waals surface area (Å²) >= 11 is 5.91. The summed E-state index contributed by atoms with van der Waals surface area (Å²) in [6.07, 6.45) is 2.42. The third-order valence-corrected chi connectivity index (χ3v) is 4.02. The Morgan fingerprint density at radius 1 is 1.31 bits per heavy atom. The number of ether oxygens (including phenoxy) is 1. The second-order valence-electron chi connectivity index (χ2n) is 6.07. The Balaban J connectivity index is 2.18. The number of rotatable bonds is 8. The van der Waals surface area contributed by atoms with Crippen LogP contribution in [0.25, 0.3) is 0 Å². The molecule has 0 bridgehead atoms. The van der Waals surface area contributed by atoms with Gasteiger partial charge in [0.25, 0.3) is 5.91 Å². The van der Waals surface area contributed by atoms with Gasteiger partial charge in [-0.2, -0.15) is 0 Å². The molecule has 0 saturated heterocycles. The highest BCUT2D eigenvalue weighted by atomic mass is 35.5. The number of aromatic carboxylic acids is 1. The normalized spacial score (nSPS) is 10.8. The molecule has 1 amide bonds. The summed E-state index contributed by atoms with van der Waals surface area (Å²) in [6.45, 7) is 1.38. The van der Waals surface area contributed by atoms with Crippen LogP contribution < -0.4 is 10.1 Å². The summed E-state index contributed by atoms with van der Waals surface area (Å²) in [7, 11) is 5.37. The highest BCUT2D eigenvalue weighted by molar-refractivity contribution is 6.31. The number of nitrogens with one attached hydrogen (secondary N) is 1. The lowest BCUT2D eigenvalue weighted by atomic mass is 10.2. The zero-order chi connectivity index (χ0) is 19.3. The third-order valence-electron chi connectivity index (χ3n) is 3.79. The average molecular weight is 380 g/mol. The zero-order valence-corrected chi connectivity index (χ0v) is 15.7. The van der Waals surface area contributed by atoms with Gasteiger partial charge >= 0.3 is 5.97 Å². The summed E-state index contributed by atoms with van der Waals surface area (Å²) in [4.78, 5) is 26.0. The number of nitrogens with zero attached hydrogens (tertiary/aromatic N) is 2. The number of aromatic nitrogens is 1. The van der Waals surface area contributed by atoms with E-state index in [1.54, 1.807) is 29.0 Å². The molecular weight excluding hydrogens is 358 g/mol. The summed E-state index contributed by atoms with van der Waals surface area (Å²) < 4.78 is 6.80. The van der Waals surface area contributed by atoms with Gasteiger partial charge in [0, 0.05) is 17.8 Å². The van der Waals surface area contributed by atoms with Crippen molar-refractivity contribution in [2.75, 3.05) is 33.1 Å². The number of anilines is 1. The average Bonchev–Trinajstić information content (AvgIpc) is 2.97. The first-order chi connectivity index (χ1) is 12.3. The van der Waals surface area contributed by atoms with Gasteiger partial charge in [0.15, 0.2) is 0 Å². The van der Waals surface area contributed by atoms with Gasteiger partial charge in [0.05, 0.1) is 18.4 Å². The van der Waals surface area contributed by atoms with Crippen LogP contribution in [0.5, 0.6) is 5.75 Å². The number of aryl methyl sites for hydroxylation is 1. The van der Waals surface area contributed by atoms with Crippen molar-refractivity contribution in [2.45, 2.75) is 13.0 Å². The molecule has 1 aromatic heterocycles. The second-order valence-corrected chi connectivity index (χ2v) is 6.50. The maximum Gasteiger partial charge on any atom is 0.352 e. The lowest BCUT2D eigenvalue weighted by Crippen LogP contribution is -2.16. The minimum Gasteiger partial charge on any atom is -0.496 e. The van der Waals surface area contributed by atoms with E-state index < -0.39 is 11.9 Å². The number of methoxy groups -OCH3 is 1. The molecule has 7 nitrogen and oxygen atoms in total. The van der Waals surface area contributed by atoms with Crippen molar-refractivity contribution in [1.82, 2.24) is 9.47 Å². The molecule has 0 saturated carbocycles. The SMILES string of the molecule is COc1cc(Cl)ccc1C(=O)Nc1cc(C(=O)O)n(CCCN(C)C)c1. The van der Waals surface area contributed by atoms with Crippen LogP contribution in [0.3, 0.4) is 0 Å². The molecule has 2 aromatic rings. The number of carboxylic acids is 1. The molecule has 0 spiro atoms. The van der Waals surface area contributed by atoms with Crippen LogP contribution in [0.4, 0.5) is 5.69 Å². The monoisotopic (exact) mass is 379 g/mol. The predicted octanol–water partition coefficient (Wildman–Crippen LogP) is 3.05. The molecule has 140 valence electrons. The smallest absolute Gasteiger partial charge is 0.352 e. The van der Waals surface area contributed by atoms with E-state index >= 15 is 0 Å². The zero-order valence-electron chi connectivity index (χ0n) is 15.0. The van der Waals surface area contributed by atoms with Crippen LogP contribution in [0, 0.1) is 0 Å². The summed E-state index contributed by atoms with van der Waals surface area (Å²) in [5.74, 6) is -1.10. The van der Waals surface area contributed by atoms with E-state index in [9.17, 15) is 14.7 Å². The fourth-order valence-corrected chi connectivity index (χ4v) is 2.71. The number of amides is 1. The standard InChI is InChI=1S/C18H22ClN3O4/c1-21(2)7-4-8-22-11-13(10-15(22)18(24)25)20-17(23)14-6-5-12(19)9-16(14)26-3/h5-6,9-11H,4,7-8H2,1-3H3,(H,20,23)(H,24,25). The van der Waals surface area contributed by atoms with Gasteiger partial charge in [-0.25, -0.2) is 4.79 Å². The molecular formula is C18H22ClN3O4. The number of carboxylic acid groups (broad SMARTS) is 1. The molecule has 26 heavy (non-hydrogen) atoms. The Morgan fingerprint density at radius 3 is 2.65 bits per heavy atom. The third kappa shape index (κ3) is 5.00. The Morgan fingerprint density at radius 2 is 2.04 bits per heavy atom. The first-order valence-corrected chi connectivity index (χ1v) is 8.42. The van der Waals surface area contributed by atoms with E-state index in [0.717, 1.165) is 13.0 Å². The van der Waals surface area contributed by atoms with E-state index in [0.29, 0.717) is 28.6 Å². The minimum absolute atomic E-state index is 0.127. The van der Waals surface area contributed by atoms with Crippen molar-refractivity contribution in [3.63, 3.8) is 0 Å². The molecule has 0 atom stereocenters. The van der Waals surface area contributed by atoms with Crippen molar-refractivity contribution in [1.29, 1.82) is 0 Å². The van der Waals surface area contributed by atoms with Crippen LogP contribution in [0.2, 0.25) is 5.02 Å². The van der Waals surface area contributed by atoms with Gasteiger partial charge in [-0.05, 0) is 51.3 Å². The van der Waals surface area contributed by atoms with Gasteiger partial charge in [-0.3, -0.25) is 4.79 Å². The van der Waals surface area contributed by atoms with Crippen molar-refractivity contribution in [3.8, 4) is 5.75 Å². The molecule has 2 N–H and O–H groups in total. The Kier molecular flexibility index (Phi) is 6.65. The lowest BCUT2D eigenvalue weighted by molar-refractivity contribution is 0.0684. The van der Waals surface area contributed by atoms with Crippen molar-refractivity contribution in [3.05, 3.63) is 46.7 Å². The van der Waals surface area contributed by atoms with Gasteiger partial charge in [0.2, 0.25) is 0 Å². The fourth-order valence-electron chi connectivity index (χ4n) is 2.55. The van der Waals surface area contributed by atoms with E-state index in [4.69, 9.17) is 16.3 Å². The van der Waals surface area contributed by atoms with E-state index in [2.05, 4.69) is 5.32 Å². The molecule has 1 aromatic carbocycles. The number of benzene rings is 1. The van der Waals surface area contributed by atoms with E-state index in [-0.39, 0.29) is 5.69 Å². The Labute approximate surface area is 157 Å². The van der Waals surface area contributed by atoms with E-state index in [1.165, 1.54) is 13.2 Å². The quantitative estimate of drug-likeness (QED) is 0.736. The number of hydrogen-bond donors (Lipinski definition) is 2. The van der Waals surface area contributed by atoms with Gasteiger partial charge < -0.3 is 24.6 Å². The lowest BCUT2D eigenvalue weighted by Gasteiger charge is -2.10. The molecule has 1 heterocycles. The molecule has 0 aliphatic rings. The number of carbonyl (C=O) groups excluding carboxylic acids is 1. The topological polar surface area (TPSA) is 83.8 Å². The number of carbonyl (C=O) groups is 2. The highest BCUT2D eigenvalue weighted by Crippen LogP contribution is 2.24. The van der Waals surface area contributed by atoms with Crippen LogP contribution >= 0.6 is 11.6 Å². The van der Waals surface area contributed by atoms with Gasteiger partial charge in [-0.15, -0.1) is 0 Å². The first kappa shape index (κ1) is 19.8. The fraction of sp³-hybridized carbons (Fsp3) is 0.333. The largest absolute Gasteiger partial charge is 0.496 e. The molecule has 0 fully saturated rings. The van der Waals surface area contributed by atoms with Crippen molar-refractivity contribution >= 4 is 29.2 Å². The summed E-state index contributed by atoms with van der Waals surface area (Å²) in [5, 5.41) is 12.5. The second kappa shape index (κ2) is 8.73. The molecule has 0 aliphatic carbocycles. The first-order valence-electron chi connectivity index (χ1n) is 8.05. The van der Waals surface area contributed by atoms with Gasteiger partial charge in [-0.1, -0.05) is 11.6 Å². The molecule has 0 radical (unpaired) electrons. The van der Waals surface area contributed by atoms with Crippen molar-refractivity contribution in [2.24, 2.45) is 0 Å². The number of halogens is 1. The molecule has 0 unspecified atom stereocenters. The van der Waals surface area contributed by atoms with E-state index in [1.807, 2.05) is 19.0 Å². The maximum atomic E-state index is 12.5.